The number of aromatic nitrogens is 1. The number of hydrogen-bond acceptors (Lipinski definition) is 4. The fraction of sp³-hybridized carbons (Fsp3) is 0.111. The third-order valence-electron chi connectivity index (χ3n) is 6.40. The quantitative estimate of drug-likeness (QED) is 0.288. The Labute approximate surface area is 226 Å². The summed E-state index contributed by atoms with van der Waals surface area (Å²) in [7, 11) is 0. The number of benzene rings is 3. The standard InChI is InChI=1S/C27H17Br2ClN2O2S/c28-20-11-14(12-21(29)25(20)33)13-22-26(34)32-24(16-5-8-17(30)9-6-16)19-10-7-15-3-1-2-4-18(15)23(19)31-27(32)35-22/h1-6,8-9,11-13,24,33H,7,10H2/b22-13+/t24-/m0/s1. The molecule has 3 aromatic carbocycles. The summed E-state index contributed by atoms with van der Waals surface area (Å²) < 4.78 is 3.51. The minimum atomic E-state index is -0.243. The van der Waals surface area contributed by atoms with Crippen LogP contribution in [0.1, 0.15) is 34.7 Å². The molecule has 174 valence electrons. The van der Waals surface area contributed by atoms with Crippen LogP contribution in [0.3, 0.4) is 0 Å². The Morgan fingerprint density at radius 1 is 1.06 bits per heavy atom. The molecule has 4 nitrogen and oxygen atoms in total. The second kappa shape index (κ2) is 8.89. The first-order valence-corrected chi connectivity index (χ1v) is 13.8. The number of phenols is 1. The van der Waals surface area contributed by atoms with Gasteiger partial charge in [0.2, 0.25) is 0 Å². The summed E-state index contributed by atoms with van der Waals surface area (Å²) >= 11 is 14.3. The fourth-order valence-corrected chi connectivity index (χ4v) is 7.14. The minimum absolute atomic E-state index is 0.0839. The molecule has 4 aromatic rings. The maximum absolute atomic E-state index is 13.8. The van der Waals surface area contributed by atoms with Crippen molar-refractivity contribution in [1.29, 1.82) is 0 Å². The largest absolute Gasteiger partial charge is 0.506 e. The number of fused-ring (bicyclic) bond motifs is 3. The second-order valence-corrected chi connectivity index (χ2v) is 11.7. The van der Waals surface area contributed by atoms with Crippen molar-refractivity contribution in [3.8, 4) is 5.75 Å². The van der Waals surface area contributed by atoms with Gasteiger partial charge in [0, 0.05) is 10.6 Å². The average Bonchev–Trinajstić information content (AvgIpc) is 3.16. The third-order valence-corrected chi connectivity index (χ3v) is 8.84. The molecule has 1 aromatic heterocycles. The van der Waals surface area contributed by atoms with Crippen molar-refractivity contribution in [3.05, 3.63) is 122 Å². The van der Waals surface area contributed by atoms with Crippen LogP contribution < -0.4 is 14.9 Å². The molecule has 0 bridgehead atoms. The topological polar surface area (TPSA) is 54.6 Å². The zero-order valence-corrected chi connectivity index (χ0v) is 22.9. The molecular formula is C27H17Br2ClN2O2S. The first-order chi connectivity index (χ1) is 16.9. The lowest BCUT2D eigenvalue weighted by Gasteiger charge is -2.30. The van der Waals surface area contributed by atoms with Crippen molar-refractivity contribution in [2.75, 3.05) is 0 Å². The van der Waals surface area contributed by atoms with E-state index in [1.54, 1.807) is 12.1 Å². The van der Waals surface area contributed by atoms with Crippen LogP contribution in [0.15, 0.2) is 85.0 Å². The first kappa shape index (κ1) is 23.0. The zero-order chi connectivity index (χ0) is 24.3. The molecular weight excluding hydrogens is 612 g/mol. The van der Waals surface area contributed by atoms with Crippen LogP contribution in [0.5, 0.6) is 5.75 Å². The summed E-state index contributed by atoms with van der Waals surface area (Å²) in [4.78, 5) is 19.5. The van der Waals surface area contributed by atoms with Crippen molar-refractivity contribution in [2.45, 2.75) is 18.9 Å². The van der Waals surface area contributed by atoms with Crippen molar-refractivity contribution in [2.24, 2.45) is 4.99 Å². The molecule has 6 rings (SSSR count). The number of phenolic OH excluding ortho intramolecular Hbond substituents is 1. The van der Waals surface area contributed by atoms with E-state index in [2.05, 4.69) is 50.1 Å². The summed E-state index contributed by atoms with van der Waals surface area (Å²) in [6.07, 6.45) is 3.59. The van der Waals surface area contributed by atoms with E-state index in [0.29, 0.717) is 23.3 Å². The van der Waals surface area contributed by atoms with Crippen molar-refractivity contribution in [1.82, 2.24) is 4.57 Å². The van der Waals surface area contributed by atoms with Gasteiger partial charge in [-0.15, -0.1) is 0 Å². The smallest absolute Gasteiger partial charge is 0.271 e. The van der Waals surface area contributed by atoms with Crippen molar-refractivity contribution >= 4 is 66.6 Å². The molecule has 1 N–H and O–H groups in total. The van der Waals surface area contributed by atoms with Gasteiger partial charge < -0.3 is 5.11 Å². The van der Waals surface area contributed by atoms with E-state index in [1.807, 2.05) is 41.0 Å². The summed E-state index contributed by atoms with van der Waals surface area (Å²) in [6.45, 7) is 0. The summed E-state index contributed by atoms with van der Waals surface area (Å²) in [5.74, 6) is 0.123. The van der Waals surface area contributed by atoms with Crippen LogP contribution in [0.4, 0.5) is 0 Å². The van der Waals surface area contributed by atoms with E-state index in [4.69, 9.17) is 16.6 Å². The molecule has 0 spiro atoms. The molecule has 0 radical (unpaired) electrons. The van der Waals surface area contributed by atoms with Crippen LogP contribution in [0.25, 0.3) is 11.8 Å². The highest BCUT2D eigenvalue weighted by atomic mass is 79.9. The highest BCUT2D eigenvalue weighted by molar-refractivity contribution is 9.11. The highest BCUT2D eigenvalue weighted by Gasteiger charge is 2.32. The van der Waals surface area contributed by atoms with Gasteiger partial charge in [0.25, 0.3) is 5.56 Å². The normalized spacial score (nSPS) is 17.0. The van der Waals surface area contributed by atoms with Gasteiger partial charge in [-0.25, -0.2) is 4.99 Å². The Bertz CT molecular complexity index is 1700. The average molecular weight is 629 g/mol. The van der Waals surface area contributed by atoms with Gasteiger partial charge >= 0.3 is 0 Å². The Morgan fingerprint density at radius 3 is 2.51 bits per heavy atom. The zero-order valence-electron chi connectivity index (χ0n) is 18.1. The molecule has 2 aliphatic rings. The number of nitrogens with zero attached hydrogens (tertiary/aromatic N) is 2. The molecule has 0 fully saturated rings. The predicted molar refractivity (Wildman–Crippen MR) is 148 cm³/mol. The monoisotopic (exact) mass is 626 g/mol. The molecule has 35 heavy (non-hydrogen) atoms. The maximum atomic E-state index is 13.8. The number of allylic oxidation sites excluding steroid dienone is 1. The van der Waals surface area contributed by atoms with Crippen molar-refractivity contribution in [3.63, 3.8) is 0 Å². The summed E-state index contributed by atoms with van der Waals surface area (Å²) in [5.41, 5.74) is 6.26. The van der Waals surface area contributed by atoms with E-state index >= 15 is 0 Å². The number of thiazole rings is 1. The number of aryl methyl sites for hydroxylation is 1. The Morgan fingerprint density at radius 2 is 1.77 bits per heavy atom. The summed E-state index contributed by atoms with van der Waals surface area (Å²) in [6, 6.07) is 19.4. The Balaban J connectivity index is 1.62. The Hall–Kier alpha value is -2.45. The molecule has 0 amide bonds. The van der Waals surface area contributed by atoms with E-state index in [1.165, 1.54) is 16.9 Å². The van der Waals surface area contributed by atoms with Gasteiger partial charge in [-0.3, -0.25) is 9.36 Å². The third kappa shape index (κ3) is 3.95. The molecule has 1 aliphatic carbocycles. The summed E-state index contributed by atoms with van der Waals surface area (Å²) in [5, 5.41) is 10.7. The van der Waals surface area contributed by atoms with Crippen LogP contribution in [-0.4, -0.2) is 9.67 Å². The molecule has 8 heteroatoms. The van der Waals surface area contributed by atoms with Crippen LogP contribution in [-0.2, 0) is 6.42 Å². The molecule has 1 atom stereocenters. The highest BCUT2D eigenvalue weighted by Crippen LogP contribution is 2.41. The molecule has 0 saturated carbocycles. The van der Waals surface area contributed by atoms with E-state index in [9.17, 15) is 9.90 Å². The van der Waals surface area contributed by atoms with Gasteiger partial charge in [0.1, 0.15) is 5.75 Å². The SMILES string of the molecule is O=c1/c(=C\c2cc(Br)c(O)c(Br)c2)sc2n1[C@@H](c1ccc(Cl)cc1)C1=C(N=2)c2ccccc2CC1. The van der Waals surface area contributed by atoms with Crippen molar-refractivity contribution < 1.29 is 5.11 Å². The van der Waals surface area contributed by atoms with Gasteiger partial charge in [0.15, 0.2) is 4.80 Å². The van der Waals surface area contributed by atoms with Gasteiger partial charge in [-0.05, 0) is 97.3 Å². The van der Waals surface area contributed by atoms with Crippen LogP contribution in [0.2, 0.25) is 5.02 Å². The van der Waals surface area contributed by atoms with Crippen LogP contribution >= 0.6 is 54.8 Å². The lowest BCUT2D eigenvalue weighted by atomic mass is 9.83. The van der Waals surface area contributed by atoms with Crippen LogP contribution in [0, 0.1) is 0 Å². The number of hydrogen-bond donors (Lipinski definition) is 1. The molecule has 0 unspecified atom stereocenters. The number of rotatable bonds is 2. The lowest BCUT2D eigenvalue weighted by Crippen LogP contribution is -2.38. The number of halogens is 3. The van der Waals surface area contributed by atoms with E-state index in [0.717, 1.165) is 40.8 Å². The minimum Gasteiger partial charge on any atom is -0.506 e. The molecule has 0 saturated heterocycles. The maximum Gasteiger partial charge on any atom is 0.271 e. The van der Waals surface area contributed by atoms with E-state index < -0.39 is 0 Å². The fourth-order valence-electron chi connectivity index (χ4n) is 4.79. The molecule has 1 aliphatic heterocycles. The van der Waals surface area contributed by atoms with E-state index in [-0.39, 0.29) is 17.4 Å². The molecule has 2 heterocycles. The number of aromatic hydroxyl groups is 1. The van der Waals surface area contributed by atoms with Gasteiger partial charge in [0.05, 0.1) is 25.2 Å². The second-order valence-electron chi connectivity index (χ2n) is 8.50. The van der Waals surface area contributed by atoms with Gasteiger partial charge in [-0.1, -0.05) is 59.3 Å². The predicted octanol–water partition coefficient (Wildman–Crippen LogP) is 6.20. The first-order valence-electron chi connectivity index (χ1n) is 11.0. The van der Waals surface area contributed by atoms with Gasteiger partial charge in [-0.2, -0.15) is 0 Å². The Kier molecular flexibility index (Phi) is 5.84. The lowest BCUT2D eigenvalue weighted by molar-refractivity contribution is 0.468.